The van der Waals surface area contributed by atoms with Gasteiger partial charge in [0.05, 0.1) is 18.1 Å². The molecule has 1 saturated heterocycles. The zero-order valence-corrected chi connectivity index (χ0v) is 21.6. The van der Waals surface area contributed by atoms with Crippen molar-refractivity contribution in [2.75, 3.05) is 13.2 Å². The molecular formula is C24H19BrF4N4O4S. The van der Waals surface area contributed by atoms with Gasteiger partial charge in [0.15, 0.2) is 11.2 Å². The van der Waals surface area contributed by atoms with Gasteiger partial charge in [-0.25, -0.2) is 18.7 Å². The maximum absolute atomic E-state index is 15.2. The molecule has 38 heavy (non-hydrogen) atoms. The molecule has 3 aromatic rings. The minimum atomic E-state index is -4.91. The van der Waals surface area contributed by atoms with Crippen LogP contribution in [0.5, 0.6) is 0 Å². The molecule has 0 bridgehead atoms. The average Bonchev–Trinajstić information content (AvgIpc) is 3.53. The van der Waals surface area contributed by atoms with Crippen LogP contribution in [0.2, 0.25) is 0 Å². The number of thiocarbonyl (C=S) groups is 1. The smallest absolute Gasteiger partial charge is 0.419 e. The second-order valence-corrected chi connectivity index (χ2v) is 9.62. The molecule has 14 heteroatoms. The summed E-state index contributed by atoms with van der Waals surface area (Å²) in [5, 5.41) is 4.72. The lowest BCUT2D eigenvalue weighted by Crippen LogP contribution is -2.58. The average molecular weight is 615 g/mol. The molecule has 2 aromatic carbocycles. The number of alkyl halides is 3. The van der Waals surface area contributed by atoms with Crippen LogP contribution < -0.4 is 10.6 Å². The highest BCUT2D eigenvalue weighted by Gasteiger charge is 2.61. The highest BCUT2D eigenvalue weighted by atomic mass is 79.9. The number of carbonyl (C=O) groups is 2. The van der Waals surface area contributed by atoms with Crippen LogP contribution in [0.4, 0.5) is 22.4 Å². The summed E-state index contributed by atoms with van der Waals surface area (Å²) < 4.78 is 69.1. The number of rotatable bonds is 5. The Bertz CT molecular complexity index is 1330. The Morgan fingerprint density at radius 1 is 1.24 bits per heavy atom. The molecule has 0 aliphatic carbocycles. The third kappa shape index (κ3) is 5.87. The van der Waals surface area contributed by atoms with Crippen molar-refractivity contribution >= 4 is 45.3 Å². The summed E-state index contributed by atoms with van der Waals surface area (Å²) in [5.41, 5.74) is -2.00. The molecule has 3 atom stereocenters. The van der Waals surface area contributed by atoms with Gasteiger partial charge in [-0.2, -0.15) is 13.2 Å². The Balaban J connectivity index is 1.71. The number of imidazole rings is 1. The van der Waals surface area contributed by atoms with Crippen LogP contribution in [0.3, 0.4) is 0 Å². The minimum absolute atomic E-state index is 0.237. The van der Waals surface area contributed by atoms with Crippen molar-refractivity contribution in [1.29, 1.82) is 0 Å². The number of halogens is 5. The Labute approximate surface area is 227 Å². The van der Waals surface area contributed by atoms with Crippen LogP contribution in [0.25, 0.3) is 0 Å². The summed E-state index contributed by atoms with van der Waals surface area (Å²) in [4.78, 5) is 28.7. The first kappa shape index (κ1) is 27.7. The van der Waals surface area contributed by atoms with Gasteiger partial charge < -0.3 is 14.8 Å². The fourth-order valence-electron chi connectivity index (χ4n) is 4.17. The van der Waals surface area contributed by atoms with E-state index in [-0.39, 0.29) is 16.2 Å². The lowest BCUT2D eigenvalue weighted by Gasteiger charge is -2.37. The van der Waals surface area contributed by atoms with Crippen molar-refractivity contribution in [3.8, 4) is 0 Å². The van der Waals surface area contributed by atoms with Crippen LogP contribution in [-0.4, -0.2) is 52.2 Å². The van der Waals surface area contributed by atoms with E-state index in [4.69, 9.17) is 21.7 Å². The minimum Gasteiger partial charge on any atom is -0.448 e. The number of hydrogen-bond acceptors (Lipinski definition) is 6. The molecule has 2 N–H and O–H groups in total. The van der Waals surface area contributed by atoms with Gasteiger partial charge in [0.1, 0.15) is 18.8 Å². The highest BCUT2D eigenvalue weighted by molar-refractivity contribution is 9.10. The van der Waals surface area contributed by atoms with Crippen molar-refractivity contribution in [2.24, 2.45) is 5.92 Å². The first-order valence-electron chi connectivity index (χ1n) is 11.0. The van der Waals surface area contributed by atoms with Gasteiger partial charge in [0.2, 0.25) is 0 Å². The lowest BCUT2D eigenvalue weighted by atomic mass is 9.77. The van der Waals surface area contributed by atoms with E-state index in [2.05, 4.69) is 31.5 Å². The van der Waals surface area contributed by atoms with Crippen LogP contribution in [0.1, 0.15) is 15.9 Å². The van der Waals surface area contributed by atoms with Crippen molar-refractivity contribution in [1.82, 2.24) is 20.2 Å². The summed E-state index contributed by atoms with van der Waals surface area (Å²) in [6, 6.07) is 11.7. The SMILES string of the molecule is O=C(NC(=S)N[C@]1(c2cc(Br)ccc2F)CO[C@@H](C(F)(F)F)[C@H]1COC(=O)n1ccnc1)c1ccccc1. The number of benzene rings is 2. The van der Waals surface area contributed by atoms with Gasteiger partial charge in [-0.3, -0.25) is 10.1 Å². The topological polar surface area (TPSA) is 94.5 Å². The zero-order valence-electron chi connectivity index (χ0n) is 19.2. The molecule has 1 aliphatic rings. The van der Waals surface area contributed by atoms with E-state index in [0.29, 0.717) is 4.47 Å². The molecule has 200 valence electrons. The Morgan fingerprint density at radius 3 is 2.63 bits per heavy atom. The second kappa shape index (κ2) is 11.2. The maximum Gasteiger partial charge on any atom is 0.419 e. The van der Waals surface area contributed by atoms with Crippen LogP contribution in [0.15, 0.2) is 71.7 Å². The molecule has 0 radical (unpaired) electrons. The van der Waals surface area contributed by atoms with Gasteiger partial charge in [-0.05, 0) is 42.5 Å². The molecule has 0 saturated carbocycles. The molecule has 0 spiro atoms. The standard InChI is InChI=1S/C24H19BrF4N4O4S/c25-15-6-7-18(26)16(10-15)23(32-21(38)31-20(34)14-4-2-1-3-5-14)12-37-19(24(27,28)29)17(23)11-36-22(35)33-9-8-30-13-33/h1-10,13,17,19H,11-12H2,(H2,31,32,34,38)/t17-,19-,23+/m1/s1. The van der Waals surface area contributed by atoms with Gasteiger partial charge in [0, 0.05) is 28.0 Å². The van der Waals surface area contributed by atoms with Crippen LogP contribution >= 0.6 is 28.1 Å². The molecule has 1 aliphatic heterocycles. The second-order valence-electron chi connectivity index (χ2n) is 8.30. The number of hydrogen-bond donors (Lipinski definition) is 2. The molecule has 1 aromatic heterocycles. The van der Waals surface area contributed by atoms with Crippen LogP contribution in [0, 0.1) is 11.7 Å². The molecule has 1 fully saturated rings. The van der Waals surface area contributed by atoms with Crippen molar-refractivity contribution in [2.45, 2.75) is 17.8 Å². The zero-order chi connectivity index (χ0) is 27.5. The monoisotopic (exact) mass is 614 g/mol. The summed E-state index contributed by atoms with van der Waals surface area (Å²) in [5.74, 6) is -3.22. The summed E-state index contributed by atoms with van der Waals surface area (Å²) in [7, 11) is 0. The summed E-state index contributed by atoms with van der Waals surface area (Å²) >= 11 is 8.48. The largest absolute Gasteiger partial charge is 0.448 e. The van der Waals surface area contributed by atoms with Gasteiger partial charge in [-0.1, -0.05) is 34.1 Å². The normalized spacial score (nSPS) is 21.1. The summed E-state index contributed by atoms with van der Waals surface area (Å²) in [6.07, 6.45) is -4.72. The van der Waals surface area contributed by atoms with E-state index < -0.39 is 54.8 Å². The predicted molar refractivity (Wildman–Crippen MR) is 134 cm³/mol. The maximum atomic E-state index is 15.2. The number of ether oxygens (including phenoxy) is 2. The first-order valence-corrected chi connectivity index (χ1v) is 12.2. The Morgan fingerprint density at radius 2 is 1.97 bits per heavy atom. The fraction of sp³-hybridized carbons (Fsp3) is 0.250. The number of nitrogens with zero attached hydrogens (tertiary/aromatic N) is 2. The number of nitrogens with one attached hydrogen (secondary N) is 2. The first-order chi connectivity index (χ1) is 18.0. The molecule has 0 unspecified atom stereocenters. The molecular weight excluding hydrogens is 596 g/mol. The molecule has 8 nitrogen and oxygen atoms in total. The van der Waals surface area contributed by atoms with Crippen LogP contribution in [-0.2, 0) is 15.0 Å². The van der Waals surface area contributed by atoms with Crippen molar-refractivity contribution in [3.63, 3.8) is 0 Å². The number of carbonyl (C=O) groups excluding carboxylic acids is 2. The van der Waals surface area contributed by atoms with Gasteiger partial charge in [0.25, 0.3) is 5.91 Å². The molecule has 4 rings (SSSR count). The van der Waals surface area contributed by atoms with E-state index in [0.717, 1.165) is 17.0 Å². The highest BCUT2D eigenvalue weighted by Crippen LogP contribution is 2.46. The quantitative estimate of drug-likeness (QED) is 0.322. The number of amides is 1. The van der Waals surface area contributed by atoms with E-state index in [1.165, 1.54) is 36.7 Å². The van der Waals surface area contributed by atoms with E-state index in [9.17, 15) is 22.8 Å². The van der Waals surface area contributed by atoms with E-state index in [1.807, 2.05) is 0 Å². The Hall–Kier alpha value is -3.36. The predicted octanol–water partition coefficient (Wildman–Crippen LogP) is 4.55. The number of aromatic nitrogens is 2. The Kier molecular flexibility index (Phi) is 8.13. The van der Waals surface area contributed by atoms with Gasteiger partial charge in [-0.15, -0.1) is 0 Å². The van der Waals surface area contributed by atoms with Gasteiger partial charge >= 0.3 is 12.3 Å². The van der Waals surface area contributed by atoms with E-state index >= 15 is 4.39 Å². The third-order valence-electron chi connectivity index (χ3n) is 5.92. The molecule has 2 heterocycles. The summed E-state index contributed by atoms with van der Waals surface area (Å²) in [6.45, 7) is -1.55. The van der Waals surface area contributed by atoms with Crippen molar-refractivity contribution in [3.05, 3.63) is 88.7 Å². The molecule has 1 amide bonds. The van der Waals surface area contributed by atoms with Crippen molar-refractivity contribution < 1.29 is 36.6 Å². The fourth-order valence-corrected chi connectivity index (χ4v) is 4.81. The third-order valence-corrected chi connectivity index (χ3v) is 6.62. The van der Waals surface area contributed by atoms with E-state index in [1.54, 1.807) is 18.2 Å². The lowest BCUT2D eigenvalue weighted by molar-refractivity contribution is -0.219.